The van der Waals surface area contributed by atoms with E-state index in [1.54, 1.807) is 23.1 Å². The summed E-state index contributed by atoms with van der Waals surface area (Å²) >= 11 is 6.01. The maximum Gasteiger partial charge on any atom is 0.251 e. The Hall–Kier alpha value is -1.65. The molecule has 3 unspecified atom stereocenters. The predicted octanol–water partition coefficient (Wildman–Crippen LogP) is 2.17. The number of rotatable bonds is 2. The van der Waals surface area contributed by atoms with Crippen LogP contribution < -0.4 is 0 Å². The van der Waals surface area contributed by atoms with Crippen LogP contribution in [-0.4, -0.2) is 28.9 Å². The summed E-state index contributed by atoms with van der Waals surface area (Å²) < 4.78 is 5.82. The molecule has 1 saturated heterocycles. The Labute approximate surface area is 127 Å². The van der Waals surface area contributed by atoms with E-state index in [0.29, 0.717) is 11.6 Å². The highest BCUT2D eigenvalue weighted by atomic mass is 35.5. The van der Waals surface area contributed by atoms with Crippen LogP contribution in [0, 0.1) is 11.8 Å². The van der Waals surface area contributed by atoms with E-state index < -0.39 is 5.72 Å². The van der Waals surface area contributed by atoms with E-state index in [1.165, 1.54) is 0 Å². The Balaban J connectivity index is 1.68. The van der Waals surface area contributed by atoms with Crippen molar-refractivity contribution in [2.75, 3.05) is 6.61 Å². The average Bonchev–Trinajstić information content (AvgIpc) is 3.22. The fourth-order valence-electron chi connectivity index (χ4n) is 3.42. The third-order valence-electron chi connectivity index (χ3n) is 4.55. The maximum atomic E-state index is 12.2. The van der Waals surface area contributed by atoms with Gasteiger partial charge in [-0.2, -0.15) is 0 Å². The van der Waals surface area contributed by atoms with Crippen molar-refractivity contribution in [3.05, 3.63) is 47.0 Å². The number of allylic oxidation sites excluding steroid dienone is 1. The van der Waals surface area contributed by atoms with Crippen LogP contribution in [0.4, 0.5) is 0 Å². The summed E-state index contributed by atoms with van der Waals surface area (Å²) in [4.78, 5) is 25.7. The van der Waals surface area contributed by atoms with Crippen molar-refractivity contribution in [1.82, 2.24) is 4.90 Å². The zero-order chi connectivity index (χ0) is 14.6. The molecule has 0 N–H and O–H groups in total. The lowest BCUT2D eigenvalue weighted by Crippen LogP contribution is -2.48. The minimum Gasteiger partial charge on any atom is -0.342 e. The van der Waals surface area contributed by atoms with E-state index in [1.807, 2.05) is 18.2 Å². The smallest absolute Gasteiger partial charge is 0.251 e. The van der Waals surface area contributed by atoms with Crippen molar-refractivity contribution in [2.24, 2.45) is 11.8 Å². The summed E-state index contributed by atoms with van der Waals surface area (Å²) in [5, 5.41) is 0.646. The van der Waals surface area contributed by atoms with Gasteiger partial charge in [-0.15, -0.1) is 0 Å². The lowest BCUT2D eigenvalue weighted by molar-refractivity contribution is -0.134. The van der Waals surface area contributed by atoms with Gasteiger partial charge in [-0.25, -0.2) is 0 Å². The molecular formula is C16H14ClNO3. The first-order valence-electron chi connectivity index (χ1n) is 7.02. The lowest BCUT2D eigenvalue weighted by atomic mass is 9.96. The Bertz CT molecular complexity index is 671. The first-order valence-corrected chi connectivity index (χ1v) is 7.40. The van der Waals surface area contributed by atoms with Crippen LogP contribution in [0.1, 0.15) is 12.0 Å². The van der Waals surface area contributed by atoms with Gasteiger partial charge in [0.1, 0.15) is 6.61 Å². The van der Waals surface area contributed by atoms with E-state index in [-0.39, 0.29) is 30.1 Å². The van der Waals surface area contributed by atoms with Gasteiger partial charge in [0.15, 0.2) is 11.5 Å². The van der Waals surface area contributed by atoms with Gasteiger partial charge < -0.3 is 9.64 Å². The van der Waals surface area contributed by atoms with Crippen molar-refractivity contribution in [2.45, 2.75) is 18.7 Å². The van der Waals surface area contributed by atoms with Gasteiger partial charge in [0, 0.05) is 23.4 Å². The van der Waals surface area contributed by atoms with Gasteiger partial charge in [-0.3, -0.25) is 9.59 Å². The van der Waals surface area contributed by atoms with E-state index in [4.69, 9.17) is 16.3 Å². The van der Waals surface area contributed by atoms with Crippen molar-refractivity contribution >= 4 is 23.3 Å². The number of carbonyl (C=O) groups excluding carboxylic acids is 2. The summed E-state index contributed by atoms with van der Waals surface area (Å²) in [6.07, 6.45) is 4.13. The second-order valence-electron chi connectivity index (χ2n) is 5.83. The molecule has 1 aromatic rings. The van der Waals surface area contributed by atoms with Crippen LogP contribution >= 0.6 is 11.6 Å². The molecule has 0 radical (unpaired) electrons. The van der Waals surface area contributed by atoms with Gasteiger partial charge >= 0.3 is 0 Å². The quantitative estimate of drug-likeness (QED) is 0.841. The molecule has 1 aliphatic heterocycles. The monoisotopic (exact) mass is 303 g/mol. The lowest BCUT2D eigenvalue weighted by Gasteiger charge is -2.36. The first-order chi connectivity index (χ1) is 10.1. The van der Waals surface area contributed by atoms with Gasteiger partial charge in [0.2, 0.25) is 0 Å². The van der Waals surface area contributed by atoms with E-state index >= 15 is 0 Å². The number of halogens is 1. The topological polar surface area (TPSA) is 46.6 Å². The Kier molecular flexibility index (Phi) is 2.75. The molecule has 0 aromatic heterocycles. The molecule has 1 saturated carbocycles. The number of carbonyl (C=O) groups is 2. The van der Waals surface area contributed by atoms with Crippen LogP contribution in [0.3, 0.4) is 0 Å². The highest BCUT2D eigenvalue weighted by molar-refractivity contribution is 6.30. The molecule has 108 valence electrons. The predicted molar refractivity (Wildman–Crippen MR) is 76.4 cm³/mol. The van der Waals surface area contributed by atoms with Gasteiger partial charge in [-0.05, 0) is 36.3 Å². The zero-order valence-electron chi connectivity index (χ0n) is 11.3. The molecule has 1 heterocycles. The largest absolute Gasteiger partial charge is 0.342 e. The van der Waals surface area contributed by atoms with E-state index in [9.17, 15) is 9.59 Å². The molecule has 2 fully saturated rings. The summed E-state index contributed by atoms with van der Waals surface area (Å²) in [6.45, 7) is 0.517. The minimum absolute atomic E-state index is 0.0164. The SMILES string of the molecule is O=C1C=CC2(OCC(=O)N2Cc2cccc(Cl)c2)C2CC12. The van der Waals surface area contributed by atoms with Crippen LogP contribution in [0.5, 0.6) is 0 Å². The second kappa shape index (κ2) is 4.42. The number of ketones is 1. The van der Waals surface area contributed by atoms with Gasteiger partial charge in [0.25, 0.3) is 5.91 Å². The molecule has 3 atom stereocenters. The first kappa shape index (κ1) is 13.0. The highest BCUT2D eigenvalue weighted by Crippen LogP contribution is 2.55. The normalized spacial score (nSPS) is 33.7. The molecule has 2 aliphatic carbocycles. The molecular weight excluding hydrogens is 290 g/mol. The number of ether oxygens (including phenoxy) is 1. The molecule has 5 heteroatoms. The maximum absolute atomic E-state index is 12.2. The molecule has 3 aliphatic rings. The molecule has 1 amide bonds. The second-order valence-corrected chi connectivity index (χ2v) is 6.27. The Morgan fingerprint density at radius 1 is 1.38 bits per heavy atom. The average molecular weight is 304 g/mol. The molecule has 21 heavy (non-hydrogen) atoms. The molecule has 0 bridgehead atoms. The minimum atomic E-state index is -0.738. The number of fused-ring (bicyclic) bond motifs is 2. The fourth-order valence-corrected chi connectivity index (χ4v) is 3.63. The summed E-state index contributed by atoms with van der Waals surface area (Å²) in [7, 11) is 0. The number of hydrogen-bond acceptors (Lipinski definition) is 3. The fraction of sp³-hybridized carbons (Fsp3) is 0.375. The van der Waals surface area contributed by atoms with Crippen molar-refractivity contribution in [3.63, 3.8) is 0 Å². The molecule has 4 rings (SSSR count). The summed E-state index contributed by atoms with van der Waals surface area (Å²) in [5.41, 5.74) is 0.223. The van der Waals surface area contributed by atoms with Crippen molar-refractivity contribution in [1.29, 1.82) is 0 Å². The third-order valence-corrected chi connectivity index (χ3v) is 4.79. The Morgan fingerprint density at radius 2 is 2.24 bits per heavy atom. The van der Waals surface area contributed by atoms with Gasteiger partial charge in [0.05, 0.1) is 0 Å². The van der Waals surface area contributed by atoms with E-state index in [0.717, 1.165) is 12.0 Å². The third kappa shape index (κ3) is 1.93. The number of hydrogen-bond donors (Lipinski definition) is 0. The van der Waals surface area contributed by atoms with Crippen molar-refractivity contribution in [3.8, 4) is 0 Å². The number of amides is 1. The van der Waals surface area contributed by atoms with Crippen LogP contribution in [-0.2, 0) is 20.9 Å². The molecule has 1 aromatic carbocycles. The highest BCUT2D eigenvalue weighted by Gasteiger charge is 2.63. The zero-order valence-corrected chi connectivity index (χ0v) is 12.0. The number of benzene rings is 1. The van der Waals surface area contributed by atoms with Crippen LogP contribution in [0.15, 0.2) is 36.4 Å². The summed E-state index contributed by atoms with van der Waals surface area (Å²) in [5.74, 6) is 0.222. The standard InChI is InChI=1S/C16H14ClNO3/c17-11-3-1-2-10(6-11)8-18-15(20)9-21-16(18)5-4-14(19)12-7-13(12)16/h1-6,12-13H,7-9H2. The molecule has 4 nitrogen and oxygen atoms in total. The Morgan fingerprint density at radius 3 is 3.05 bits per heavy atom. The summed E-state index contributed by atoms with van der Waals surface area (Å²) in [6, 6.07) is 7.46. The van der Waals surface area contributed by atoms with Crippen LogP contribution in [0.2, 0.25) is 5.02 Å². The van der Waals surface area contributed by atoms with Crippen molar-refractivity contribution < 1.29 is 14.3 Å². The van der Waals surface area contributed by atoms with E-state index in [2.05, 4.69) is 0 Å². The number of nitrogens with zero attached hydrogens (tertiary/aromatic N) is 1. The van der Waals surface area contributed by atoms with Crippen LogP contribution in [0.25, 0.3) is 0 Å². The van der Waals surface area contributed by atoms with Gasteiger partial charge in [-0.1, -0.05) is 23.7 Å². The molecule has 1 spiro atoms.